The second-order valence-electron chi connectivity index (χ2n) is 5.41. The fraction of sp³-hybridized carbons (Fsp3) is 0.467. The molecule has 0 radical (unpaired) electrons. The Kier molecular flexibility index (Phi) is 4.07. The molecule has 2 N–H and O–H groups in total. The van der Waals surface area contributed by atoms with Crippen molar-refractivity contribution >= 4 is 32.6 Å². The molecule has 3 rings (SSSR count). The summed E-state index contributed by atoms with van der Waals surface area (Å²) in [5, 5.41) is 0.526. The maximum Gasteiger partial charge on any atom is 0.253 e. The summed E-state index contributed by atoms with van der Waals surface area (Å²) in [6, 6.07) is 5.52. The van der Waals surface area contributed by atoms with Crippen molar-refractivity contribution in [2.45, 2.75) is 25.4 Å². The first-order valence-corrected chi connectivity index (χ1v) is 7.98. The summed E-state index contributed by atoms with van der Waals surface area (Å²) >= 11 is 1.40. The fourth-order valence-electron chi connectivity index (χ4n) is 2.64. The average molecular weight is 305 g/mol. The van der Waals surface area contributed by atoms with Gasteiger partial charge in [0.25, 0.3) is 5.91 Å². The molecule has 0 aliphatic carbocycles. The third-order valence-corrected chi connectivity index (χ3v) is 4.60. The van der Waals surface area contributed by atoms with Crippen LogP contribution in [-0.4, -0.2) is 42.1 Å². The number of fused-ring (bicyclic) bond motifs is 1. The number of rotatable bonds is 3. The van der Waals surface area contributed by atoms with Crippen molar-refractivity contribution < 1.29 is 9.53 Å². The molecule has 2 aromatic rings. The molecule has 21 heavy (non-hydrogen) atoms. The first kappa shape index (κ1) is 14.3. The lowest BCUT2D eigenvalue weighted by Crippen LogP contribution is -2.37. The number of benzene rings is 1. The van der Waals surface area contributed by atoms with Crippen molar-refractivity contribution in [1.29, 1.82) is 0 Å². The molecule has 1 aromatic heterocycles. The molecule has 1 aromatic carbocycles. The Morgan fingerprint density at radius 2 is 2.38 bits per heavy atom. The molecule has 0 spiro atoms. The van der Waals surface area contributed by atoms with Crippen LogP contribution in [0, 0.1) is 0 Å². The second-order valence-corrected chi connectivity index (χ2v) is 6.47. The second kappa shape index (κ2) is 5.99. The van der Waals surface area contributed by atoms with E-state index in [4.69, 9.17) is 10.5 Å². The van der Waals surface area contributed by atoms with Crippen LogP contribution in [0.2, 0.25) is 0 Å². The highest BCUT2D eigenvalue weighted by Gasteiger charge is 2.20. The Morgan fingerprint density at radius 1 is 1.52 bits per heavy atom. The van der Waals surface area contributed by atoms with E-state index in [9.17, 15) is 4.79 Å². The number of hydrogen-bond acceptors (Lipinski definition) is 5. The summed E-state index contributed by atoms with van der Waals surface area (Å²) in [5.74, 6) is 0.0121. The predicted molar refractivity (Wildman–Crippen MR) is 84.6 cm³/mol. The molecule has 0 saturated carbocycles. The summed E-state index contributed by atoms with van der Waals surface area (Å²) < 4.78 is 6.63. The van der Waals surface area contributed by atoms with Gasteiger partial charge in [-0.2, -0.15) is 0 Å². The Labute approximate surface area is 127 Å². The lowest BCUT2D eigenvalue weighted by molar-refractivity contribution is -0.000183. The molecule has 112 valence electrons. The minimum absolute atomic E-state index is 0.0121. The predicted octanol–water partition coefficient (Wildman–Crippen LogP) is 2.52. The normalized spacial score (nSPS) is 18.8. The van der Waals surface area contributed by atoms with Gasteiger partial charge < -0.3 is 15.4 Å². The van der Waals surface area contributed by atoms with Gasteiger partial charge in [0.05, 0.1) is 16.3 Å². The Hall–Kier alpha value is -1.66. The van der Waals surface area contributed by atoms with E-state index < -0.39 is 0 Å². The van der Waals surface area contributed by atoms with Gasteiger partial charge in [0.15, 0.2) is 5.13 Å². The first-order chi connectivity index (χ1) is 10.1. The Balaban J connectivity index is 1.72. The van der Waals surface area contributed by atoms with Crippen molar-refractivity contribution in [2.24, 2.45) is 0 Å². The number of hydrogen-bond donors (Lipinski definition) is 1. The summed E-state index contributed by atoms with van der Waals surface area (Å²) in [7, 11) is 1.82. The van der Waals surface area contributed by atoms with Crippen LogP contribution in [0.4, 0.5) is 5.13 Å². The fourth-order valence-corrected chi connectivity index (χ4v) is 3.41. The molecule has 1 unspecified atom stereocenters. The monoisotopic (exact) mass is 305 g/mol. The number of carbonyl (C=O) groups is 1. The molecule has 2 heterocycles. The zero-order chi connectivity index (χ0) is 14.8. The molecule has 1 fully saturated rings. The number of amides is 1. The van der Waals surface area contributed by atoms with Crippen LogP contribution in [0.5, 0.6) is 0 Å². The smallest absolute Gasteiger partial charge is 0.253 e. The highest BCUT2D eigenvalue weighted by Crippen LogP contribution is 2.25. The van der Waals surface area contributed by atoms with Crippen LogP contribution in [0.15, 0.2) is 18.2 Å². The number of nitrogens with two attached hydrogens (primary N) is 1. The number of anilines is 1. The molecular weight excluding hydrogens is 286 g/mol. The van der Waals surface area contributed by atoms with Crippen molar-refractivity contribution in [2.75, 3.05) is 25.9 Å². The van der Waals surface area contributed by atoms with Crippen molar-refractivity contribution in [1.82, 2.24) is 9.88 Å². The van der Waals surface area contributed by atoms with Crippen molar-refractivity contribution in [3.05, 3.63) is 23.8 Å². The van der Waals surface area contributed by atoms with Gasteiger partial charge in [-0.05, 0) is 37.5 Å². The molecule has 5 nitrogen and oxygen atoms in total. The van der Waals surface area contributed by atoms with Crippen LogP contribution in [0.3, 0.4) is 0 Å². The van der Waals surface area contributed by atoms with Gasteiger partial charge in [-0.1, -0.05) is 11.3 Å². The van der Waals surface area contributed by atoms with E-state index in [1.54, 1.807) is 4.90 Å². The standard InChI is InChI=1S/C15H19N3O2S/c1-18(9-11-4-2-3-7-20-11)14(19)10-5-6-12-13(8-10)21-15(16)17-12/h5-6,8,11H,2-4,7,9H2,1H3,(H2,16,17). The number of nitrogens with zero attached hydrogens (tertiary/aromatic N) is 2. The molecule has 0 bridgehead atoms. The maximum absolute atomic E-state index is 12.5. The minimum Gasteiger partial charge on any atom is -0.376 e. The minimum atomic E-state index is 0.0121. The highest BCUT2D eigenvalue weighted by molar-refractivity contribution is 7.22. The Morgan fingerprint density at radius 3 is 3.14 bits per heavy atom. The third kappa shape index (κ3) is 3.16. The van der Waals surface area contributed by atoms with Crippen molar-refractivity contribution in [3.63, 3.8) is 0 Å². The average Bonchev–Trinajstić information content (AvgIpc) is 2.86. The summed E-state index contributed by atoms with van der Waals surface area (Å²) in [6.07, 6.45) is 3.49. The summed E-state index contributed by atoms with van der Waals surface area (Å²) in [6.45, 7) is 1.44. The van der Waals surface area contributed by atoms with Gasteiger partial charge in [-0.3, -0.25) is 4.79 Å². The highest BCUT2D eigenvalue weighted by atomic mass is 32.1. The van der Waals surface area contributed by atoms with Gasteiger partial charge in [0, 0.05) is 25.8 Å². The van der Waals surface area contributed by atoms with Gasteiger partial charge >= 0.3 is 0 Å². The van der Waals surface area contributed by atoms with Gasteiger partial charge in [0.2, 0.25) is 0 Å². The maximum atomic E-state index is 12.5. The lowest BCUT2D eigenvalue weighted by atomic mass is 10.1. The van der Waals surface area contributed by atoms with E-state index in [1.165, 1.54) is 17.8 Å². The number of aromatic nitrogens is 1. The number of carbonyl (C=O) groups excluding carboxylic acids is 1. The van der Waals surface area contributed by atoms with Crippen LogP contribution in [-0.2, 0) is 4.74 Å². The van der Waals surface area contributed by atoms with Gasteiger partial charge in [-0.15, -0.1) is 0 Å². The van der Waals surface area contributed by atoms with Crippen LogP contribution in [0.1, 0.15) is 29.6 Å². The molecule has 1 amide bonds. The van der Waals surface area contributed by atoms with E-state index in [-0.39, 0.29) is 12.0 Å². The lowest BCUT2D eigenvalue weighted by Gasteiger charge is -2.27. The number of likely N-dealkylation sites (N-methyl/N-ethyl adjacent to an activating group) is 1. The zero-order valence-corrected chi connectivity index (χ0v) is 12.9. The summed E-state index contributed by atoms with van der Waals surface area (Å²) in [4.78, 5) is 18.4. The molecule has 1 atom stereocenters. The van der Waals surface area contributed by atoms with Crippen LogP contribution >= 0.6 is 11.3 Å². The number of nitrogen functional groups attached to an aromatic ring is 1. The van der Waals surface area contributed by atoms with E-state index in [0.717, 1.165) is 29.7 Å². The van der Waals surface area contributed by atoms with E-state index in [0.29, 0.717) is 17.2 Å². The molecule has 1 saturated heterocycles. The van der Waals surface area contributed by atoms with Crippen molar-refractivity contribution in [3.8, 4) is 0 Å². The third-order valence-electron chi connectivity index (χ3n) is 3.75. The Bertz CT molecular complexity index is 649. The first-order valence-electron chi connectivity index (χ1n) is 7.16. The topological polar surface area (TPSA) is 68.5 Å². The molecule has 1 aliphatic heterocycles. The van der Waals surface area contributed by atoms with Crippen LogP contribution < -0.4 is 5.73 Å². The van der Waals surface area contributed by atoms with E-state index in [2.05, 4.69) is 4.98 Å². The molecular formula is C15H19N3O2S. The largest absolute Gasteiger partial charge is 0.376 e. The number of thiazole rings is 1. The quantitative estimate of drug-likeness (QED) is 0.946. The molecule has 6 heteroatoms. The van der Waals surface area contributed by atoms with Gasteiger partial charge in [0.1, 0.15) is 0 Å². The molecule has 1 aliphatic rings. The van der Waals surface area contributed by atoms with Crippen LogP contribution in [0.25, 0.3) is 10.2 Å². The van der Waals surface area contributed by atoms with E-state index >= 15 is 0 Å². The summed E-state index contributed by atoms with van der Waals surface area (Å²) in [5.41, 5.74) is 7.21. The number of ether oxygens (including phenoxy) is 1. The van der Waals surface area contributed by atoms with E-state index in [1.807, 2.05) is 25.2 Å². The van der Waals surface area contributed by atoms with Gasteiger partial charge in [-0.25, -0.2) is 4.98 Å². The SMILES string of the molecule is CN(CC1CCCCO1)C(=O)c1ccc2nc(N)sc2c1. The zero-order valence-electron chi connectivity index (χ0n) is 12.0.